The van der Waals surface area contributed by atoms with Crippen molar-refractivity contribution in [1.29, 1.82) is 0 Å². The summed E-state index contributed by atoms with van der Waals surface area (Å²) in [5, 5.41) is 15.6. The molecular formula is C20H21N2O7-. The van der Waals surface area contributed by atoms with Gasteiger partial charge in [-0.3, -0.25) is 9.59 Å². The minimum atomic E-state index is -1.43. The number of aryl methyl sites for hydroxylation is 2. The maximum Gasteiger partial charge on any atom is 0.339 e. The third-order valence-electron chi connectivity index (χ3n) is 4.87. The van der Waals surface area contributed by atoms with Gasteiger partial charge in [-0.1, -0.05) is 0 Å². The number of hydrogen-bond donors (Lipinski definition) is 2. The second-order valence-corrected chi connectivity index (χ2v) is 6.89. The van der Waals surface area contributed by atoms with Gasteiger partial charge in [0.25, 0.3) is 5.91 Å². The molecule has 0 spiro atoms. The van der Waals surface area contributed by atoms with Crippen molar-refractivity contribution in [3.63, 3.8) is 0 Å². The predicted molar refractivity (Wildman–Crippen MR) is 100 cm³/mol. The second-order valence-electron chi connectivity index (χ2n) is 6.89. The van der Waals surface area contributed by atoms with Crippen molar-refractivity contribution >= 4 is 28.8 Å². The lowest BCUT2D eigenvalue weighted by molar-refractivity contribution is -0.304. The molecule has 0 radical (unpaired) electrons. The Bertz CT molecular complexity index is 1040. The summed E-state index contributed by atoms with van der Waals surface area (Å²) >= 11 is 0. The third-order valence-corrected chi connectivity index (χ3v) is 4.87. The number of nitrogens with one attached hydrogen (secondary N) is 2. The predicted octanol–water partition coefficient (Wildman–Crippen LogP) is -0.660. The van der Waals surface area contributed by atoms with E-state index in [2.05, 4.69) is 10.6 Å². The van der Waals surface area contributed by atoms with E-state index in [1.807, 2.05) is 6.07 Å². The number of ether oxygens (including phenoxy) is 1. The molecule has 1 atom stereocenters. The molecule has 1 aliphatic rings. The molecule has 0 saturated heterocycles. The molecule has 0 unspecified atom stereocenters. The van der Waals surface area contributed by atoms with Gasteiger partial charge in [0.1, 0.15) is 11.3 Å². The molecule has 2 N–H and O–H groups in total. The summed E-state index contributed by atoms with van der Waals surface area (Å²) in [6.45, 7) is 2.24. The highest BCUT2D eigenvalue weighted by atomic mass is 16.5. The summed E-state index contributed by atoms with van der Waals surface area (Å²) in [6.07, 6.45) is 1.54. The molecule has 0 aliphatic heterocycles. The van der Waals surface area contributed by atoms with Gasteiger partial charge < -0.3 is 29.7 Å². The Morgan fingerprint density at radius 1 is 1.17 bits per heavy atom. The zero-order valence-electron chi connectivity index (χ0n) is 16.1. The van der Waals surface area contributed by atoms with Crippen molar-refractivity contribution in [2.24, 2.45) is 0 Å². The molecular weight excluding hydrogens is 380 g/mol. The molecule has 9 nitrogen and oxygen atoms in total. The van der Waals surface area contributed by atoms with E-state index < -0.39 is 37.0 Å². The fourth-order valence-corrected chi connectivity index (χ4v) is 3.38. The van der Waals surface area contributed by atoms with Gasteiger partial charge >= 0.3 is 5.63 Å². The monoisotopic (exact) mass is 401 g/mol. The molecule has 29 heavy (non-hydrogen) atoms. The topological polar surface area (TPSA) is 138 Å². The molecule has 0 saturated carbocycles. The summed E-state index contributed by atoms with van der Waals surface area (Å²) in [7, 11) is 0. The van der Waals surface area contributed by atoms with Crippen molar-refractivity contribution in [2.45, 2.75) is 39.2 Å². The van der Waals surface area contributed by atoms with Gasteiger partial charge in [-0.15, -0.1) is 0 Å². The fourth-order valence-electron chi connectivity index (χ4n) is 3.38. The molecule has 0 fully saturated rings. The Balaban J connectivity index is 1.69. The average Bonchev–Trinajstić information content (AvgIpc) is 3.18. The number of hydrogen-bond acceptors (Lipinski definition) is 7. The molecule has 1 aromatic heterocycles. The minimum Gasteiger partial charge on any atom is -0.548 e. The van der Waals surface area contributed by atoms with E-state index in [1.165, 1.54) is 6.92 Å². The summed E-state index contributed by atoms with van der Waals surface area (Å²) in [6, 6.07) is 3.55. The number of rotatable bonds is 7. The van der Waals surface area contributed by atoms with Crippen LogP contribution in [0.1, 0.15) is 30.0 Å². The van der Waals surface area contributed by atoms with E-state index in [1.54, 1.807) is 13.0 Å². The highest BCUT2D eigenvalue weighted by Crippen LogP contribution is 2.33. The van der Waals surface area contributed by atoms with Crippen LogP contribution in [0.25, 0.3) is 11.0 Å². The van der Waals surface area contributed by atoms with Crippen LogP contribution in [0.5, 0.6) is 5.75 Å². The van der Waals surface area contributed by atoms with E-state index in [0.717, 1.165) is 35.8 Å². The first kappa shape index (κ1) is 20.4. The zero-order chi connectivity index (χ0) is 21.1. The van der Waals surface area contributed by atoms with E-state index in [9.17, 15) is 24.3 Å². The Morgan fingerprint density at radius 2 is 1.90 bits per heavy atom. The Kier molecular flexibility index (Phi) is 5.86. The molecule has 3 rings (SSSR count). The average molecular weight is 401 g/mol. The minimum absolute atomic E-state index is 0.335. The van der Waals surface area contributed by atoms with Crippen LogP contribution < -0.4 is 26.1 Å². The van der Waals surface area contributed by atoms with E-state index in [-0.39, 0.29) is 5.63 Å². The SMILES string of the molecule is Cc1c(O[C@@H](C)C(=O)NCC(=O)NCC(=O)[O-])ccc2c3c(c(=O)oc12)CCC3. The van der Waals surface area contributed by atoms with Crippen LogP contribution in [0.15, 0.2) is 21.3 Å². The maximum absolute atomic E-state index is 12.2. The van der Waals surface area contributed by atoms with Crippen LogP contribution >= 0.6 is 0 Å². The van der Waals surface area contributed by atoms with Crippen molar-refractivity contribution in [2.75, 3.05) is 13.1 Å². The molecule has 2 aromatic rings. The highest BCUT2D eigenvalue weighted by Gasteiger charge is 2.22. The Morgan fingerprint density at radius 3 is 2.62 bits per heavy atom. The van der Waals surface area contributed by atoms with Gasteiger partial charge in [0.2, 0.25) is 5.91 Å². The lowest BCUT2D eigenvalue weighted by Gasteiger charge is -2.17. The van der Waals surface area contributed by atoms with Crippen LogP contribution in [-0.4, -0.2) is 37.0 Å². The first-order valence-electron chi connectivity index (χ1n) is 9.27. The molecule has 2 amide bonds. The largest absolute Gasteiger partial charge is 0.548 e. The van der Waals surface area contributed by atoms with Crippen LogP contribution in [0.3, 0.4) is 0 Å². The van der Waals surface area contributed by atoms with Crippen molar-refractivity contribution < 1.29 is 28.6 Å². The summed E-state index contributed by atoms with van der Waals surface area (Å²) in [5.74, 6) is -2.25. The number of carbonyl (C=O) groups is 3. The molecule has 0 bridgehead atoms. The summed E-state index contributed by atoms with van der Waals surface area (Å²) < 4.78 is 11.2. The number of carboxylic acids is 1. The van der Waals surface area contributed by atoms with Crippen LogP contribution in [-0.2, 0) is 27.2 Å². The van der Waals surface area contributed by atoms with Crippen molar-refractivity contribution in [3.8, 4) is 5.75 Å². The lowest BCUT2D eigenvalue weighted by atomic mass is 10.0. The van der Waals surface area contributed by atoms with Crippen LogP contribution in [0, 0.1) is 6.92 Å². The second kappa shape index (κ2) is 8.34. The standard InChI is InChI=1S/C20H22N2O7/c1-10-15(28-11(2)19(26)22-8-16(23)21-9-17(24)25)7-6-13-12-4-3-5-14(12)20(27)29-18(10)13/h6-7,11H,3-5,8-9H2,1-2H3,(H,21,23)(H,22,26)(H,24,25)/p-1/t11-/m0/s1. The number of fused-ring (bicyclic) bond motifs is 3. The number of aliphatic carboxylic acids is 1. The van der Waals surface area contributed by atoms with Crippen molar-refractivity contribution in [3.05, 3.63) is 39.2 Å². The van der Waals surface area contributed by atoms with Gasteiger partial charge in [-0.25, -0.2) is 4.79 Å². The first-order chi connectivity index (χ1) is 13.8. The van der Waals surface area contributed by atoms with Gasteiger partial charge in [-0.05, 0) is 50.8 Å². The smallest absolute Gasteiger partial charge is 0.339 e. The van der Waals surface area contributed by atoms with E-state index in [4.69, 9.17) is 9.15 Å². The van der Waals surface area contributed by atoms with Gasteiger partial charge in [0.05, 0.1) is 19.1 Å². The van der Waals surface area contributed by atoms with Crippen LogP contribution in [0.4, 0.5) is 0 Å². The van der Waals surface area contributed by atoms with E-state index in [0.29, 0.717) is 16.9 Å². The Hall–Kier alpha value is -3.36. The third kappa shape index (κ3) is 4.39. The lowest BCUT2D eigenvalue weighted by Crippen LogP contribution is -2.45. The molecule has 1 heterocycles. The van der Waals surface area contributed by atoms with E-state index >= 15 is 0 Å². The molecule has 154 valence electrons. The van der Waals surface area contributed by atoms with Crippen LogP contribution in [0.2, 0.25) is 0 Å². The number of benzene rings is 1. The quantitative estimate of drug-likeness (QED) is 0.588. The molecule has 1 aromatic carbocycles. The first-order valence-corrected chi connectivity index (χ1v) is 9.27. The maximum atomic E-state index is 12.2. The normalized spacial score (nSPS) is 13.6. The number of carboxylic acid groups (broad SMARTS) is 1. The zero-order valence-corrected chi connectivity index (χ0v) is 16.1. The summed E-state index contributed by atoms with van der Waals surface area (Å²) in [5.41, 5.74) is 2.47. The highest BCUT2D eigenvalue weighted by molar-refractivity contribution is 5.89. The summed E-state index contributed by atoms with van der Waals surface area (Å²) in [4.78, 5) is 46.1. The molecule has 9 heteroatoms. The Labute approximate surface area is 166 Å². The van der Waals surface area contributed by atoms with Gasteiger partial charge in [0.15, 0.2) is 6.10 Å². The van der Waals surface area contributed by atoms with Gasteiger partial charge in [0, 0.05) is 16.5 Å². The van der Waals surface area contributed by atoms with Crippen molar-refractivity contribution in [1.82, 2.24) is 10.6 Å². The number of carbonyl (C=O) groups excluding carboxylic acids is 3. The van der Waals surface area contributed by atoms with Gasteiger partial charge in [-0.2, -0.15) is 0 Å². The molecule has 1 aliphatic carbocycles. The number of amides is 2. The fraction of sp³-hybridized carbons (Fsp3) is 0.400.